The number of likely N-dealkylation sites (N-methyl/N-ethyl adjacent to an activating group) is 1. The number of ether oxygens (including phenoxy) is 1. The van der Waals surface area contributed by atoms with Crippen LogP contribution in [0.3, 0.4) is 0 Å². The topological polar surface area (TPSA) is 59.5 Å². The third kappa shape index (κ3) is 5.56. The van der Waals surface area contributed by atoms with Crippen LogP contribution in [-0.4, -0.2) is 41.8 Å². The molecule has 0 spiro atoms. The first-order valence-electron chi connectivity index (χ1n) is 11.4. The summed E-state index contributed by atoms with van der Waals surface area (Å²) < 4.78 is 5.31. The van der Waals surface area contributed by atoms with E-state index in [2.05, 4.69) is 22.0 Å². The molecule has 0 fully saturated rings. The quantitative estimate of drug-likeness (QED) is 0.268. The molecular weight excluding hydrogens is 424 g/mol. The van der Waals surface area contributed by atoms with Crippen molar-refractivity contribution < 1.29 is 14.3 Å². The second kappa shape index (κ2) is 10.9. The van der Waals surface area contributed by atoms with Crippen LogP contribution in [0.1, 0.15) is 30.2 Å². The first-order chi connectivity index (χ1) is 16.5. The van der Waals surface area contributed by atoms with E-state index < -0.39 is 11.8 Å². The van der Waals surface area contributed by atoms with Crippen LogP contribution >= 0.6 is 0 Å². The Kier molecular flexibility index (Phi) is 7.45. The Morgan fingerprint density at radius 2 is 1.71 bits per heavy atom. The Morgan fingerprint density at radius 1 is 1.00 bits per heavy atom. The number of carbonyl (C=O) groups excluding carboxylic acids is 2. The Balaban J connectivity index is 1.43. The number of Topliss-reactive ketones (excluding diaryl/α,β-unsaturated/α-hetero) is 1. The average Bonchev–Trinajstić information content (AvgIpc) is 2.88. The zero-order valence-corrected chi connectivity index (χ0v) is 19.5. The van der Waals surface area contributed by atoms with E-state index in [1.54, 1.807) is 6.92 Å². The molecule has 5 nitrogen and oxygen atoms in total. The van der Waals surface area contributed by atoms with Gasteiger partial charge < -0.3 is 4.74 Å². The number of benzene rings is 2. The Labute approximate surface area is 200 Å². The van der Waals surface area contributed by atoms with E-state index in [9.17, 15) is 9.59 Å². The van der Waals surface area contributed by atoms with Crippen molar-refractivity contribution in [1.82, 2.24) is 9.88 Å². The Bertz CT molecular complexity index is 1230. The minimum absolute atomic E-state index is 0.159. The fraction of sp³-hybridized carbons (Fsp3) is 0.207. The molecule has 0 N–H and O–H groups in total. The van der Waals surface area contributed by atoms with Crippen molar-refractivity contribution >= 4 is 23.4 Å². The number of carbonyl (C=O) groups is 2. The lowest BCUT2D eigenvalue weighted by Crippen LogP contribution is -2.27. The van der Waals surface area contributed by atoms with Gasteiger partial charge in [0.15, 0.2) is 0 Å². The Hall–Kier alpha value is -3.83. The van der Waals surface area contributed by atoms with E-state index in [0.717, 1.165) is 34.5 Å². The summed E-state index contributed by atoms with van der Waals surface area (Å²) in [7, 11) is 1.96. The minimum atomic E-state index is -0.818. The van der Waals surface area contributed by atoms with Crippen molar-refractivity contribution in [3.63, 3.8) is 0 Å². The summed E-state index contributed by atoms with van der Waals surface area (Å²) in [4.78, 5) is 32.0. The fourth-order valence-corrected chi connectivity index (χ4v) is 4.02. The predicted molar refractivity (Wildman–Crippen MR) is 135 cm³/mol. The normalized spacial score (nSPS) is 14.0. The van der Waals surface area contributed by atoms with Crippen LogP contribution in [0.25, 0.3) is 22.8 Å². The minimum Gasteiger partial charge on any atom is -0.458 e. The summed E-state index contributed by atoms with van der Waals surface area (Å²) in [5.74, 6) is -1.42. The van der Waals surface area contributed by atoms with Gasteiger partial charge in [0.05, 0.1) is 5.69 Å². The lowest BCUT2D eigenvalue weighted by molar-refractivity contribution is -0.152. The number of fused-ring (bicyclic) bond motifs is 1. The highest BCUT2D eigenvalue weighted by Gasteiger charge is 2.24. The summed E-state index contributed by atoms with van der Waals surface area (Å²) in [5, 5.41) is 0. The van der Waals surface area contributed by atoms with E-state index in [-0.39, 0.29) is 6.61 Å². The molecule has 1 aliphatic carbocycles. The van der Waals surface area contributed by atoms with Gasteiger partial charge >= 0.3 is 5.97 Å². The number of aromatic nitrogens is 1. The number of pyridine rings is 1. The third-order valence-corrected chi connectivity index (χ3v) is 5.93. The van der Waals surface area contributed by atoms with Gasteiger partial charge in [-0.05, 0) is 49.2 Å². The van der Waals surface area contributed by atoms with Crippen LogP contribution in [0.2, 0.25) is 0 Å². The van der Waals surface area contributed by atoms with Gasteiger partial charge in [0.25, 0.3) is 5.78 Å². The molecule has 5 heteroatoms. The van der Waals surface area contributed by atoms with Crippen LogP contribution in [0.15, 0.2) is 84.6 Å². The molecule has 1 aliphatic rings. The summed E-state index contributed by atoms with van der Waals surface area (Å²) >= 11 is 0. The highest BCUT2D eigenvalue weighted by molar-refractivity contribution is 6.41. The standard InChI is InChI=1S/C29H28N2O3/c1-21(28(32)29(33)34-17-16-31(2)20-22-10-5-3-6-11-22)25-14-9-15-27-26(25)18-24(19-30-27)23-12-7-4-8-13-23/h3-13,15,18-19H,14,16-17,20H2,1-2H3. The van der Waals surface area contributed by atoms with Crippen molar-refractivity contribution in [3.8, 4) is 11.1 Å². The summed E-state index contributed by atoms with van der Waals surface area (Å²) in [5.41, 5.74) is 6.09. The average molecular weight is 453 g/mol. The molecule has 2 aromatic carbocycles. The second-order valence-corrected chi connectivity index (χ2v) is 8.42. The van der Waals surface area contributed by atoms with Crippen LogP contribution in [0.4, 0.5) is 0 Å². The van der Waals surface area contributed by atoms with Crippen molar-refractivity contribution in [1.29, 1.82) is 0 Å². The zero-order valence-electron chi connectivity index (χ0n) is 19.5. The molecule has 0 atom stereocenters. The molecular formula is C29H28N2O3. The van der Waals surface area contributed by atoms with Gasteiger partial charge in [0, 0.05) is 36.0 Å². The molecule has 0 bridgehead atoms. The van der Waals surface area contributed by atoms with Gasteiger partial charge in [0.2, 0.25) is 0 Å². The van der Waals surface area contributed by atoms with Crippen LogP contribution < -0.4 is 0 Å². The third-order valence-electron chi connectivity index (χ3n) is 5.93. The number of nitrogens with zero attached hydrogens (tertiary/aromatic N) is 2. The number of allylic oxidation sites excluding steroid dienone is 2. The van der Waals surface area contributed by atoms with E-state index in [4.69, 9.17) is 4.74 Å². The maximum absolute atomic E-state index is 12.9. The lowest BCUT2D eigenvalue weighted by atomic mass is 9.89. The lowest BCUT2D eigenvalue weighted by Gasteiger charge is -2.18. The number of hydrogen-bond acceptors (Lipinski definition) is 5. The molecule has 0 saturated heterocycles. The number of ketones is 1. The van der Waals surface area contributed by atoms with E-state index in [0.29, 0.717) is 18.5 Å². The van der Waals surface area contributed by atoms with Gasteiger partial charge in [-0.25, -0.2) is 4.79 Å². The smallest absolute Gasteiger partial charge is 0.379 e. The molecule has 0 aliphatic heterocycles. The number of hydrogen-bond donors (Lipinski definition) is 0. The molecule has 0 unspecified atom stereocenters. The van der Waals surface area contributed by atoms with Gasteiger partial charge in [-0.3, -0.25) is 14.7 Å². The first-order valence-corrected chi connectivity index (χ1v) is 11.4. The molecule has 0 saturated carbocycles. The number of esters is 1. The summed E-state index contributed by atoms with van der Waals surface area (Å²) in [6.07, 6.45) is 6.32. The van der Waals surface area contributed by atoms with Gasteiger partial charge in [0.1, 0.15) is 6.61 Å². The largest absolute Gasteiger partial charge is 0.458 e. The molecule has 0 radical (unpaired) electrons. The zero-order chi connectivity index (χ0) is 23.9. The van der Waals surface area contributed by atoms with Crippen molar-refractivity contribution in [2.24, 2.45) is 0 Å². The van der Waals surface area contributed by atoms with E-state index in [1.807, 2.05) is 80.0 Å². The van der Waals surface area contributed by atoms with Gasteiger partial charge in [-0.1, -0.05) is 66.7 Å². The highest BCUT2D eigenvalue weighted by Crippen LogP contribution is 2.33. The Morgan fingerprint density at radius 3 is 2.44 bits per heavy atom. The van der Waals surface area contributed by atoms with Crippen molar-refractivity contribution in [3.05, 3.63) is 101 Å². The predicted octanol–water partition coefficient (Wildman–Crippen LogP) is 5.18. The van der Waals surface area contributed by atoms with E-state index >= 15 is 0 Å². The van der Waals surface area contributed by atoms with Crippen molar-refractivity contribution in [2.75, 3.05) is 20.2 Å². The number of rotatable bonds is 8. The SMILES string of the molecule is CC(C(=O)C(=O)OCCN(C)Cc1ccccc1)=C1CC=Cc2ncc(-c3ccccc3)cc21. The maximum Gasteiger partial charge on any atom is 0.379 e. The molecule has 1 aromatic heterocycles. The first kappa shape index (κ1) is 23.3. The van der Waals surface area contributed by atoms with Crippen LogP contribution in [-0.2, 0) is 20.9 Å². The van der Waals surface area contributed by atoms with Crippen molar-refractivity contribution in [2.45, 2.75) is 19.9 Å². The van der Waals surface area contributed by atoms with Crippen LogP contribution in [0.5, 0.6) is 0 Å². The molecule has 4 rings (SSSR count). The highest BCUT2D eigenvalue weighted by atomic mass is 16.5. The fourth-order valence-electron chi connectivity index (χ4n) is 4.02. The maximum atomic E-state index is 12.9. The molecule has 172 valence electrons. The second-order valence-electron chi connectivity index (χ2n) is 8.42. The van der Waals surface area contributed by atoms with Gasteiger partial charge in [-0.2, -0.15) is 0 Å². The molecule has 0 amide bonds. The van der Waals surface area contributed by atoms with Gasteiger partial charge in [-0.15, -0.1) is 0 Å². The molecule has 3 aromatic rings. The summed E-state index contributed by atoms with van der Waals surface area (Å²) in [6.45, 7) is 3.14. The van der Waals surface area contributed by atoms with E-state index in [1.165, 1.54) is 5.56 Å². The molecule has 34 heavy (non-hydrogen) atoms. The summed E-state index contributed by atoms with van der Waals surface area (Å²) in [6, 6.07) is 22.1. The van der Waals surface area contributed by atoms with Crippen LogP contribution in [0, 0.1) is 0 Å². The monoisotopic (exact) mass is 452 g/mol. The molecule has 1 heterocycles.